The highest BCUT2D eigenvalue weighted by molar-refractivity contribution is 7.92. The molecule has 0 bridgehead atoms. The summed E-state index contributed by atoms with van der Waals surface area (Å²) >= 11 is 6.18. The van der Waals surface area contributed by atoms with Crippen molar-refractivity contribution in [2.45, 2.75) is 72.0 Å². The zero-order chi connectivity index (χ0) is 31.1. The van der Waals surface area contributed by atoms with E-state index in [1.165, 1.54) is 4.31 Å². The molecule has 0 aliphatic carbocycles. The molecule has 0 aliphatic heterocycles. The fourth-order valence-electron chi connectivity index (χ4n) is 4.81. The normalized spacial score (nSPS) is 12.5. The van der Waals surface area contributed by atoms with E-state index in [9.17, 15) is 18.0 Å². The molecule has 0 heterocycles. The molecule has 3 aromatic carbocycles. The maximum absolute atomic E-state index is 14.0. The topological polar surface area (TPSA) is 86.8 Å². The molecule has 0 saturated heterocycles. The quantitative estimate of drug-likeness (QED) is 0.270. The van der Waals surface area contributed by atoms with Gasteiger partial charge in [0.15, 0.2) is 0 Å². The Morgan fingerprint density at radius 3 is 2.19 bits per heavy atom. The molecule has 0 spiro atoms. The van der Waals surface area contributed by atoms with E-state index in [-0.39, 0.29) is 37.7 Å². The molecule has 7 nitrogen and oxygen atoms in total. The standard InChI is InChI=1S/C33H42ClN3O4S/c1-24-13-10-11-16-27(24)23-36(30(32(39)35-33(3,4)5)21-26-14-8-7-9-15-26)31(38)17-12-20-37(42(6,40)41)29-22-28(34)19-18-25(29)2/h7-11,13-16,18-19,22,30H,12,17,20-21,23H2,1-6H3,(H,35,39)/t30-/m0/s1. The number of carbonyl (C=O) groups excluding carboxylic acids is 2. The van der Waals surface area contributed by atoms with Gasteiger partial charge in [-0.05, 0) is 75.4 Å². The van der Waals surface area contributed by atoms with Crippen molar-refractivity contribution >= 4 is 39.1 Å². The van der Waals surface area contributed by atoms with Gasteiger partial charge in [-0.2, -0.15) is 0 Å². The van der Waals surface area contributed by atoms with E-state index in [0.717, 1.165) is 28.5 Å². The molecule has 1 N–H and O–H groups in total. The first-order valence-corrected chi connectivity index (χ1v) is 16.3. The molecule has 3 rings (SSSR count). The molecule has 0 radical (unpaired) electrons. The lowest BCUT2D eigenvalue weighted by molar-refractivity contribution is -0.142. The first-order valence-electron chi connectivity index (χ1n) is 14.1. The number of hydrogen-bond donors (Lipinski definition) is 1. The summed E-state index contributed by atoms with van der Waals surface area (Å²) in [5, 5.41) is 3.50. The van der Waals surface area contributed by atoms with Gasteiger partial charge in [0.25, 0.3) is 0 Å². The molecular formula is C33H42ClN3O4S. The maximum Gasteiger partial charge on any atom is 0.243 e. The van der Waals surface area contributed by atoms with E-state index in [1.807, 2.05) is 89.2 Å². The molecule has 1 atom stereocenters. The minimum atomic E-state index is -3.63. The highest BCUT2D eigenvalue weighted by atomic mass is 35.5. The predicted octanol–water partition coefficient (Wildman–Crippen LogP) is 6.06. The fourth-order valence-corrected chi connectivity index (χ4v) is 5.99. The Kier molecular flexibility index (Phi) is 11.2. The van der Waals surface area contributed by atoms with Crippen LogP contribution in [0.2, 0.25) is 5.02 Å². The van der Waals surface area contributed by atoms with E-state index >= 15 is 0 Å². The third kappa shape index (κ3) is 9.60. The highest BCUT2D eigenvalue weighted by Gasteiger charge is 2.32. The van der Waals surface area contributed by atoms with Gasteiger partial charge in [-0.3, -0.25) is 13.9 Å². The van der Waals surface area contributed by atoms with Crippen molar-refractivity contribution in [1.29, 1.82) is 0 Å². The summed E-state index contributed by atoms with van der Waals surface area (Å²) in [6.45, 7) is 9.89. The van der Waals surface area contributed by atoms with Crippen LogP contribution in [0, 0.1) is 13.8 Å². The van der Waals surface area contributed by atoms with Crippen LogP contribution in [0.15, 0.2) is 72.8 Å². The van der Waals surface area contributed by atoms with Crippen LogP contribution in [-0.4, -0.2) is 49.5 Å². The molecule has 42 heavy (non-hydrogen) atoms. The van der Waals surface area contributed by atoms with Crippen LogP contribution in [0.3, 0.4) is 0 Å². The average Bonchev–Trinajstić information content (AvgIpc) is 2.90. The summed E-state index contributed by atoms with van der Waals surface area (Å²) in [7, 11) is -3.63. The van der Waals surface area contributed by atoms with Crippen LogP contribution >= 0.6 is 11.6 Å². The number of halogens is 1. The number of benzene rings is 3. The number of amides is 2. The Labute approximate surface area is 255 Å². The molecule has 9 heteroatoms. The van der Waals surface area contributed by atoms with Crippen molar-refractivity contribution in [3.05, 3.63) is 100 Å². The Morgan fingerprint density at radius 1 is 0.929 bits per heavy atom. The SMILES string of the molecule is Cc1ccccc1CN(C(=O)CCCN(c1cc(Cl)ccc1C)S(C)(=O)=O)[C@@H](Cc1ccccc1)C(=O)NC(C)(C)C. The average molecular weight is 612 g/mol. The third-order valence-electron chi connectivity index (χ3n) is 6.96. The number of anilines is 1. The van der Waals surface area contributed by atoms with E-state index in [4.69, 9.17) is 11.6 Å². The summed E-state index contributed by atoms with van der Waals surface area (Å²) in [6, 6.07) is 21.8. The highest BCUT2D eigenvalue weighted by Crippen LogP contribution is 2.27. The summed E-state index contributed by atoms with van der Waals surface area (Å²) in [4.78, 5) is 29.4. The molecule has 0 unspecified atom stereocenters. The van der Waals surface area contributed by atoms with Crippen LogP contribution < -0.4 is 9.62 Å². The van der Waals surface area contributed by atoms with Crippen molar-refractivity contribution in [2.75, 3.05) is 17.1 Å². The summed E-state index contributed by atoms with van der Waals surface area (Å²) in [5.74, 6) is -0.458. The van der Waals surface area contributed by atoms with E-state index in [0.29, 0.717) is 17.1 Å². The number of sulfonamides is 1. The van der Waals surface area contributed by atoms with Gasteiger partial charge >= 0.3 is 0 Å². The van der Waals surface area contributed by atoms with Gasteiger partial charge in [-0.25, -0.2) is 8.42 Å². The van der Waals surface area contributed by atoms with Gasteiger partial charge in [0.05, 0.1) is 11.9 Å². The van der Waals surface area contributed by atoms with Crippen LogP contribution in [0.25, 0.3) is 0 Å². The van der Waals surface area contributed by atoms with Crippen molar-refractivity contribution in [3.8, 4) is 0 Å². The van der Waals surface area contributed by atoms with Gasteiger partial charge in [0.2, 0.25) is 21.8 Å². The van der Waals surface area contributed by atoms with E-state index in [1.54, 1.807) is 23.1 Å². The Balaban J connectivity index is 1.93. The monoisotopic (exact) mass is 611 g/mol. The van der Waals surface area contributed by atoms with Gasteiger partial charge in [0.1, 0.15) is 6.04 Å². The Bertz CT molecular complexity index is 1490. The van der Waals surface area contributed by atoms with Crippen LogP contribution in [0.5, 0.6) is 0 Å². The summed E-state index contributed by atoms with van der Waals surface area (Å²) < 4.78 is 26.8. The van der Waals surface area contributed by atoms with Crippen LogP contribution in [0.1, 0.15) is 55.9 Å². The maximum atomic E-state index is 14.0. The zero-order valence-corrected chi connectivity index (χ0v) is 26.9. The summed E-state index contributed by atoms with van der Waals surface area (Å²) in [6.07, 6.45) is 1.82. The molecular weight excluding hydrogens is 570 g/mol. The molecule has 0 fully saturated rings. The van der Waals surface area contributed by atoms with Gasteiger partial charge < -0.3 is 10.2 Å². The molecule has 2 amide bonds. The zero-order valence-electron chi connectivity index (χ0n) is 25.4. The Morgan fingerprint density at radius 2 is 1.57 bits per heavy atom. The van der Waals surface area contributed by atoms with Crippen molar-refractivity contribution in [3.63, 3.8) is 0 Å². The minimum absolute atomic E-state index is 0.0611. The molecule has 0 aromatic heterocycles. The first-order chi connectivity index (χ1) is 19.7. The van der Waals surface area contributed by atoms with Gasteiger partial charge in [0, 0.05) is 36.5 Å². The second kappa shape index (κ2) is 14.2. The number of hydrogen-bond acceptors (Lipinski definition) is 4. The predicted molar refractivity (Wildman–Crippen MR) is 171 cm³/mol. The third-order valence-corrected chi connectivity index (χ3v) is 8.38. The lowest BCUT2D eigenvalue weighted by atomic mass is 9.99. The van der Waals surface area contributed by atoms with Crippen molar-refractivity contribution in [2.24, 2.45) is 0 Å². The molecule has 0 saturated carbocycles. The number of rotatable bonds is 12. The number of nitrogens with zero attached hydrogens (tertiary/aromatic N) is 2. The van der Waals surface area contributed by atoms with E-state index in [2.05, 4.69) is 5.32 Å². The van der Waals surface area contributed by atoms with Gasteiger partial charge in [-0.15, -0.1) is 0 Å². The Hall–Kier alpha value is -3.36. The lowest BCUT2D eigenvalue weighted by Crippen LogP contribution is -2.54. The summed E-state index contributed by atoms with van der Waals surface area (Å²) in [5.41, 5.74) is 3.66. The second-order valence-corrected chi connectivity index (χ2v) is 14.1. The lowest BCUT2D eigenvalue weighted by Gasteiger charge is -2.34. The van der Waals surface area contributed by atoms with Crippen LogP contribution in [0.4, 0.5) is 5.69 Å². The molecule has 3 aromatic rings. The largest absolute Gasteiger partial charge is 0.350 e. The molecule has 0 aliphatic rings. The fraction of sp³-hybridized carbons (Fsp3) is 0.394. The molecule has 226 valence electrons. The number of nitrogens with one attached hydrogen (secondary N) is 1. The second-order valence-electron chi connectivity index (χ2n) is 11.8. The number of aryl methyl sites for hydroxylation is 2. The van der Waals surface area contributed by atoms with Crippen molar-refractivity contribution in [1.82, 2.24) is 10.2 Å². The number of carbonyl (C=O) groups is 2. The van der Waals surface area contributed by atoms with Crippen LogP contribution in [-0.2, 0) is 32.6 Å². The smallest absolute Gasteiger partial charge is 0.243 e. The first kappa shape index (κ1) is 33.1. The van der Waals surface area contributed by atoms with Crippen molar-refractivity contribution < 1.29 is 18.0 Å². The van der Waals surface area contributed by atoms with E-state index < -0.39 is 21.6 Å². The van der Waals surface area contributed by atoms with Gasteiger partial charge in [-0.1, -0.05) is 72.3 Å². The minimum Gasteiger partial charge on any atom is -0.350 e.